The fourth-order valence-corrected chi connectivity index (χ4v) is 3.88. The predicted molar refractivity (Wildman–Crippen MR) is 94.6 cm³/mol. The summed E-state index contributed by atoms with van der Waals surface area (Å²) in [4.78, 5) is 21.4. The second-order valence-electron chi connectivity index (χ2n) is 5.96. The third kappa shape index (κ3) is 3.66. The first-order valence-electron chi connectivity index (χ1n) is 8.31. The van der Waals surface area contributed by atoms with E-state index in [0.29, 0.717) is 13.1 Å². The lowest BCUT2D eigenvalue weighted by Crippen LogP contribution is -2.51. The number of rotatable bonds is 6. The molecule has 6 heteroatoms. The van der Waals surface area contributed by atoms with Crippen LogP contribution in [0.2, 0.25) is 0 Å². The van der Waals surface area contributed by atoms with Crippen molar-refractivity contribution in [3.8, 4) is 0 Å². The zero-order valence-corrected chi connectivity index (χ0v) is 14.7. The maximum absolute atomic E-state index is 13.1. The molecule has 0 bridgehead atoms. The number of aromatic nitrogens is 1. The summed E-state index contributed by atoms with van der Waals surface area (Å²) in [5, 5.41) is 12.2. The van der Waals surface area contributed by atoms with Crippen LogP contribution in [-0.2, 0) is 24.3 Å². The van der Waals surface area contributed by atoms with Gasteiger partial charge in [-0.25, -0.2) is 4.98 Å². The molecule has 0 radical (unpaired) electrons. The average Bonchev–Trinajstić information content (AvgIpc) is 3.12. The van der Waals surface area contributed by atoms with E-state index >= 15 is 0 Å². The van der Waals surface area contributed by atoms with Gasteiger partial charge >= 0.3 is 0 Å². The van der Waals surface area contributed by atoms with Crippen molar-refractivity contribution < 1.29 is 9.90 Å². The van der Waals surface area contributed by atoms with Crippen LogP contribution in [0.3, 0.4) is 0 Å². The summed E-state index contributed by atoms with van der Waals surface area (Å²) >= 11 is 1.54. The van der Waals surface area contributed by atoms with Crippen LogP contribution in [0.15, 0.2) is 35.8 Å². The van der Waals surface area contributed by atoms with Crippen molar-refractivity contribution in [3.05, 3.63) is 52.0 Å². The van der Waals surface area contributed by atoms with E-state index in [1.54, 1.807) is 11.1 Å². The number of aliphatic hydroxyl groups is 1. The molecule has 0 saturated carbocycles. The third-order valence-electron chi connectivity index (χ3n) is 4.53. The maximum atomic E-state index is 13.1. The Bertz CT molecular complexity index is 675. The molecule has 1 amide bonds. The van der Waals surface area contributed by atoms with Crippen molar-refractivity contribution in [1.29, 1.82) is 0 Å². The van der Waals surface area contributed by atoms with E-state index in [-0.39, 0.29) is 18.6 Å². The molecule has 2 heterocycles. The Labute approximate surface area is 146 Å². The fraction of sp³-hybridized carbons (Fsp3) is 0.444. The first-order valence-corrected chi connectivity index (χ1v) is 9.19. The molecule has 5 nitrogen and oxygen atoms in total. The highest BCUT2D eigenvalue weighted by atomic mass is 32.1. The second kappa shape index (κ2) is 7.88. The molecule has 2 aromatic rings. The highest BCUT2D eigenvalue weighted by Crippen LogP contribution is 2.24. The molecule has 0 fully saturated rings. The second-order valence-corrected chi connectivity index (χ2v) is 6.94. The van der Waals surface area contributed by atoms with Crippen molar-refractivity contribution in [2.75, 3.05) is 19.7 Å². The molecule has 0 unspecified atom stereocenters. The van der Waals surface area contributed by atoms with Crippen molar-refractivity contribution in [2.45, 2.75) is 32.5 Å². The molecule has 1 aliphatic rings. The van der Waals surface area contributed by atoms with Crippen molar-refractivity contribution in [2.24, 2.45) is 0 Å². The molecule has 1 aromatic heterocycles. The van der Waals surface area contributed by atoms with Gasteiger partial charge in [-0.05, 0) is 24.1 Å². The molecule has 24 heavy (non-hydrogen) atoms. The Morgan fingerprint density at radius 3 is 2.88 bits per heavy atom. The van der Waals surface area contributed by atoms with Crippen molar-refractivity contribution in [3.63, 3.8) is 0 Å². The van der Waals surface area contributed by atoms with Gasteiger partial charge < -0.3 is 10.0 Å². The molecule has 128 valence electrons. The van der Waals surface area contributed by atoms with Gasteiger partial charge in [-0.1, -0.05) is 31.2 Å². The fourth-order valence-electron chi connectivity index (χ4n) is 3.25. The molecular formula is C18H23N3O2S. The van der Waals surface area contributed by atoms with E-state index in [9.17, 15) is 9.90 Å². The minimum Gasteiger partial charge on any atom is -0.395 e. The summed E-state index contributed by atoms with van der Waals surface area (Å²) in [5.41, 5.74) is 2.55. The highest BCUT2D eigenvalue weighted by Gasteiger charge is 2.33. The average molecular weight is 345 g/mol. The summed E-state index contributed by atoms with van der Waals surface area (Å²) in [6.45, 7) is 4.49. The van der Waals surface area contributed by atoms with Crippen LogP contribution in [0, 0.1) is 0 Å². The maximum Gasteiger partial charge on any atom is 0.240 e. The zero-order valence-electron chi connectivity index (χ0n) is 13.9. The Kier molecular flexibility index (Phi) is 5.60. The number of amides is 1. The standard InChI is InChI=1S/C18H23N3O2S/c1-2-20-12-15-6-4-3-5-14(15)11-16(20)18(23)21(8-9-22)13-17-19-7-10-24-17/h3-7,10,16,22H,2,8-9,11-13H2,1H3/t16-/m0/s1. The molecule has 0 saturated heterocycles. The van der Waals surface area contributed by atoms with E-state index in [4.69, 9.17) is 0 Å². The lowest BCUT2D eigenvalue weighted by molar-refractivity contribution is -0.138. The molecule has 1 atom stereocenters. The van der Waals surface area contributed by atoms with Crippen molar-refractivity contribution in [1.82, 2.24) is 14.8 Å². The van der Waals surface area contributed by atoms with E-state index in [0.717, 1.165) is 24.5 Å². The van der Waals surface area contributed by atoms with Crippen LogP contribution in [0.4, 0.5) is 0 Å². The van der Waals surface area contributed by atoms with E-state index < -0.39 is 0 Å². The summed E-state index contributed by atoms with van der Waals surface area (Å²) < 4.78 is 0. The van der Waals surface area contributed by atoms with E-state index in [1.165, 1.54) is 22.5 Å². The number of carbonyl (C=O) groups excluding carboxylic acids is 1. The number of carbonyl (C=O) groups is 1. The van der Waals surface area contributed by atoms with Gasteiger partial charge in [-0.15, -0.1) is 11.3 Å². The number of benzene rings is 1. The Morgan fingerprint density at radius 2 is 2.21 bits per heavy atom. The van der Waals surface area contributed by atoms with Gasteiger partial charge in [0.05, 0.1) is 19.2 Å². The van der Waals surface area contributed by atoms with Gasteiger partial charge in [0.15, 0.2) is 0 Å². The zero-order chi connectivity index (χ0) is 16.9. The normalized spacial score (nSPS) is 17.5. The number of fused-ring (bicyclic) bond motifs is 1. The van der Waals surface area contributed by atoms with Crippen LogP contribution in [-0.4, -0.2) is 51.5 Å². The largest absolute Gasteiger partial charge is 0.395 e. The smallest absolute Gasteiger partial charge is 0.240 e. The summed E-state index contributed by atoms with van der Waals surface area (Å²) in [6, 6.07) is 8.16. The number of nitrogens with zero attached hydrogens (tertiary/aromatic N) is 3. The number of thiazole rings is 1. The van der Waals surface area contributed by atoms with Crippen molar-refractivity contribution >= 4 is 17.2 Å². The molecule has 1 aliphatic heterocycles. The number of likely N-dealkylation sites (N-methyl/N-ethyl adjacent to an activating group) is 1. The summed E-state index contributed by atoms with van der Waals surface area (Å²) in [5.74, 6) is 0.0793. The molecular weight excluding hydrogens is 322 g/mol. The first kappa shape index (κ1) is 17.1. The van der Waals surface area contributed by atoms with E-state index in [1.807, 2.05) is 11.4 Å². The topological polar surface area (TPSA) is 56.7 Å². The van der Waals surface area contributed by atoms with Gasteiger partial charge in [-0.2, -0.15) is 0 Å². The van der Waals surface area contributed by atoms with Gasteiger partial charge in [-0.3, -0.25) is 9.69 Å². The first-order chi connectivity index (χ1) is 11.7. The van der Waals surface area contributed by atoms with Gasteiger partial charge in [0, 0.05) is 24.7 Å². The van der Waals surface area contributed by atoms with Gasteiger partial charge in [0.25, 0.3) is 0 Å². The van der Waals surface area contributed by atoms with Crippen LogP contribution < -0.4 is 0 Å². The lowest BCUT2D eigenvalue weighted by Gasteiger charge is -2.37. The third-order valence-corrected chi connectivity index (χ3v) is 5.29. The Morgan fingerprint density at radius 1 is 1.42 bits per heavy atom. The quantitative estimate of drug-likeness (QED) is 0.869. The van der Waals surface area contributed by atoms with Gasteiger partial charge in [0.2, 0.25) is 5.91 Å². The molecule has 1 aromatic carbocycles. The molecule has 0 aliphatic carbocycles. The minimum atomic E-state index is -0.170. The predicted octanol–water partition coefficient (Wildman–Crippen LogP) is 1.91. The van der Waals surface area contributed by atoms with Crippen LogP contribution in [0.25, 0.3) is 0 Å². The SMILES string of the molecule is CCN1Cc2ccccc2C[C@H]1C(=O)N(CCO)Cc1nccs1. The monoisotopic (exact) mass is 345 g/mol. The van der Waals surface area contributed by atoms with E-state index in [2.05, 4.69) is 35.0 Å². The number of hydrogen-bond donors (Lipinski definition) is 1. The molecule has 0 spiro atoms. The summed E-state index contributed by atoms with van der Waals surface area (Å²) in [6.07, 6.45) is 2.47. The Balaban J connectivity index is 1.80. The Hall–Kier alpha value is -1.76. The van der Waals surface area contributed by atoms with Crippen LogP contribution >= 0.6 is 11.3 Å². The van der Waals surface area contributed by atoms with Gasteiger partial charge in [0.1, 0.15) is 5.01 Å². The molecule has 3 rings (SSSR count). The van der Waals surface area contributed by atoms with Crippen LogP contribution in [0.1, 0.15) is 23.1 Å². The minimum absolute atomic E-state index is 0.0352. The number of hydrogen-bond acceptors (Lipinski definition) is 5. The highest BCUT2D eigenvalue weighted by molar-refractivity contribution is 7.09. The lowest BCUT2D eigenvalue weighted by atomic mass is 9.93. The number of aliphatic hydroxyl groups excluding tert-OH is 1. The molecule has 1 N–H and O–H groups in total. The summed E-state index contributed by atoms with van der Waals surface area (Å²) in [7, 11) is 0. The van der Waals surface area contributed by atoms with Crippen LogP contribution in [0.5, 0.6) is 0 Å².